The van der Waals surface area contributed by atoms with Crippen molar-refractivity contribution in [1.82, 2.24) is 10.2 Å². The predicted octanol–water partition coefficient (Wildman–Crippen LogP) is 1.55. The summed E-state index contributed by atoms with van der Waals surface area (Å²) in [5.41, 5.74) is -1.16. The Kier molecular flexibility index (Phi) is 4.70. The molecule has 0 aromatic heterocycles. The van der Waals surface area contributed by atoms with Crippen molar-refractivity contribution >= 4 is 11.8 Å². The first-order valence-corrected chi connectivity index (χ1v) is 7.36. The van der Waals surface area contributed by atoms with Crippen molar-refractivity contribution < 1.29 is 23.5 Å². The molecule has 0 heterocycles. The number of nitrogens with zero attached hydrogens (tertiary/aromatic N) is 1. The minimum absolute atomic E-state index is 0.0746. The number of hydrogen-bond acceptors (Lipinski definition) is 3. The maximum Gasteiger partial charge on any atom is 0.352 e. The highest BCUT2D eigenvalue weighted by Crippen LogP contribution is 2.44. The van der Waals surface area contributed by atoms with Crippen LogP contribution in [-0.2, 0) is 11.3 Å². The third-order valence-electron chi connectivity index (χ3n) is 4.11. The molecular formula is C16H20F2N2O3. The number of benzene rings is 1. The molecule has 2 N–H and O–H groups in total. The largest absolute Gasteiger partial charge is 0.383 e. The average Bonchev–Trinajstić information content (AvgIpc) is 2.49. The van der Waals surface area contributed by atoms with Gasteiger partial charge in [-0.1, -0.05) is 12.1 Å². The van der Waals surface area contributed by atoms with Crippen LogP contribution >= 0.6 is 0 Å². The first-order valence-electron chi connectivity index (χ1n) is 7.36. The molecule has 1 saturated carbocycles. The summed E-state index contributed by atoms with van der Waals surface area (Å²) in [5.74, 6) is -5.45. The maximum atomic E-state index is 13.9. The molecule has 0 spiro atoms. The van der Waals surface area contributed by atoms with Gasteiger partial charge in [-0.3, -0.25) is 9.59 Å². The molecular weight excluding hydrogens is 306 g/mol. The lowest BCUT2D eigenvalue weighted by molar-refractivity contribution is -0.216. The van der Waals surface area contributed by atoms with E-state index in [0.717, 1.165) is 0 Å². The van der Waals surface area contributed by atoms with E-state index in [0.29, 0.717) is 17.5 Å². The Morgan fingerprint density at radius 3 is 2.26 bits per heavy atom. The molecule has 0 saturated heterocycles. The predicted molar refractivity (Wildman–Crippen MR) is 80.1 cm³/mol. The van der Waals surface area contributed by atoms with E-state index < -0.39 is 17.4 Å². The number of carbonyl (C=O) groups is 2. The molecule has 1 aliphatic rings. The van der Waals surface area contributed by atoms with Crippen LogP contribution in [-0.4, -0.2) is 47.4 Å². The lowest BCUT2D eigenvalue weighted by Crippen LogP contribution is -2.60. The van der Waals surface area contributed by atoms with Gasteiger partial charge in [0.1, 0.15) is 5.60 Å². The van der Waals surface area contributed by atoms with Gasteiger partial charge >= 0.3 is 5.92 Å². The molecule has 0 atom stereocenters. The number of alkyl halides is 2. The standard InChI is InChI=1S/C16H20F2N2O3/c1-20(2)13(21)12-6-4-11(5-7-12)10-19-14(22)16(17,18)15(23)8-3-9-15/h4-7,23H,3,8-10H2,1-2H3,(H,19,22). The third kappa shape index (κ3) is 3.34. The van der Waals surface area contributed by atoms with Gasteiger partial charge in [-0.2, -0.15) is 8.78 Å². The second-order valence-corrected chi connectivity index (χ2v) is 6.04. The molecule has 0 bridgehead atoms. The summed E-state index contributed by atoms with van der Waals surface area (Å²) in [7, 11) is 3.26. The number of amides is 2. The Bertz CT molecular complexity index is 596. The molecule has 2 amide bonds. The lowest BCUT2D eigenvalue weighted by atomic mass is 9.75. The summed E-state index contributed by atoms with van der Waals surface area (Å²) in [6, 6.07) is 6.32. The first kappa shape index (κ1) is 17.3. The SMILES string of the molecule is CN(C)C(=O)c1ccc(CNC(=O)C(F)(F)C2(O)CCC2)cc1. The van der Waals surface area contributed by atoms with E-state index in [2.05, 4.69) is 5.32 Å². The smallest absolute Gasteiger partial charge is 0.352 e. The van der Waals surface area contributed by atoms with Gasteiger partial charge in [-0.05, 0) is 37.0 Å². The molecule has 0 aliphatic heterocycles. The highest BCUT2D eigenvalue weighted by molar-refractivity contribution is 5.93. The first-order chi connectivity index (χ1) is 10.7. The van der Waals surface area contributed by atoms with Crippen LogP contribution in [0.3, 0.4) is 0 Å². The number of halogens is 2. The van der Waals surface area contributed by atoms with Crippen molar-refractivity contribution in [3.63, 3.8) is 0 Å². The molecule has 1 aromatic rings. The van der Waals surface area contributed by atoms with Gasteiger partial charge in [0, 0.05) is 26.2 Å². The molecule has 2 rings (SSSR count). The van der Waals surface area contributed by atoms with Crippen molar-refractivity contribution in [3.8, 4) is 0 Å². The molecule has 23 heavy (non-hydrogen) atoms. The molecule has 1 fully saturated rings. The summed E-state index contributed by atoms with van der Waals surface area (Å²) in [6.45, 7) is -0.0963. The molecule has 126 valence electrons. The number of rotatable bonds is 5. The normalized spacial score (nSPS) is 16.4. The number of nitrogens with one attached hydrogen (secondary N) is 1. The van der Waals surface area contributed by atoms with Crippen LogP contribution in [0.25, 0.3) is 0 Å². The molecule has 1 aromatic carbocycles. The second-order valence-electron chi connectivity index (χ2n) is 6.04. The Balaban J connectivity index is 1.95. The number of aliphatic hydroxyl groups is 1. The number of carbonyl (C=O) groups excluding carboxylic acids is 2. The van der Waals surface area contributed by atoms with E-state index in [4.69, 9.17) is 0 Å². The van der Waals surface area contributed by atoms with Crippen LogP contribution in [0, 0.1) is 0 Å². The zero-order valence-electron chi connectivity index (χ0n) is 13.1. The second kappa shape index (κ2) is 6.23. The van der Waals surface area contributed by atoms with Gasteiger partial charge in [-0.15, -0.1) is 0 Å². The summed E-state index contributed by atoms with van der Waals surface area (Å²) < 4.78 is 27.8. The fraction of sp³-hybridized carbons (Fsp3) is 0.500. The van der Waals surface area contributed by atoms with Crippen LogP contribution < -0.4 is 5.32 Å². The fourth-order valence-electron chi connectivity index (χ4n) is 2.35. The summed E-state index contributed by atoms with van der Waals surface area (Å²) >= 11 is 0. The average molecular weight is 326 g/mol. The topological polar surface area (TPSA) is 69.6 Å². The van der Waals surface area contributed by atoms with Crippen molar-refractivity contribution in [3.05, 3.63) is 35.4 Å². The fourth-order valence-corrected chi connectivity index (χ4v) is 2.35. The molecule has 0 radical (unpaired) electrons. The Labute approximate surface area is 133 Å². The zero-order valence-corrected chi connectivity index (χ0v) is 13.1. The van der Waals surface area contributed by atoms with E-state index in [1.165, 1.54) is 4.90 Å². The van der Waals surface area contributed by atoms with Crippen LogP contribution in [0.1, 0.15) is 35.2 Å². The van der Waals surface area contributed by atoms with E-state index in [1.54, 1.807) is 38.4 Å². The van der Waals surface area contributed by atoms with Crippen molar-refractivity contribution in [2.45, 2.75) is 37.3 Å². The van der Waals surface area contributed by atoms with E-state index >= 15 is 0 Å². The maximum absolute atomic E-state index is 13.9. The van der Waals surface area contributed by atoms with E-state index in [-0.39, 0.29) is 25.3 Å². The van der Waals surface area contributed by atoms with Crippen LogP contribution in [0.4, 0.5) is 8.78 Å². The van der Waals surface area contributed by atoms with Gasteiger partial charge in [0.25, 0.3) is 11.8 Å². The summed E-state index contributed by atoms with van der Waals surface area (Å²) in [5, 5.41) is 11.8. The Morgan fingerprint density at radius 2 is 1.83 bits per heavy atom. The van der Waals surface area contributed by atoms with Crippen molar-refractivity contribution in [2.24, 2.45) is 0 Å². The van der Waals surface area contributed by atoms with Crippen LogP contribution in [0.5, 0.6) is 0 Å². The zero-order chi connectivity index (χ0) is 17.3. The van der Waals surface area contributed by atoms with Gasteiger partial charge < -0.3 is 15.3 Å². The minimum atomic E-state index is -3.80. The molecule has 5 nitrogen and oxygen atoms in total. The van der Waals surface area contributed by atoms with Gasteiger partial charge in [0.15, 0.2) is 0 Å². The highest BCUT2D eigenvalue weighted by Gasteiger charge is 2.61. The van der Waals surface area contributed by atoms with Gasteiger partial charge in [0.05, 0.1) is 0 Å². The number of hydrogen-bond donors (Lipinski definition) is 2. The minimum Gasteiger partial charge on any atom is -0.383 e. The Morgan fingerprint density at radius 1 is 1.26 bits per heavy atom. The van der Waals surface area contributed by atoms with E-state index in [9.17, 15) is 23.5 Å². The van der Waals surface area contributed by atoms with Crippen LogP contribution in [0.2, 0.25) is 0 Å². The highest BCUT2D eigenvalue weighted by atomic mass is 19.3. The van der Waals surface area contributed by atoms with Crippen molar-refractivity contribution in [2.75, 3.05) is 14.1 Å². The summed E-state index contributed by atoms with van der Waals surface area (Å²) in [6.07, 6.45) is 0.338. The lowest BCUT2D eigenvalue weighted by Gasteiger charge is -2.41. The molecule has 7 heteroatoms. The molecule has 1 aliphatic carbocycles. The quantitative estimate of drug-likeness (QED) is 0.863. The third-order valence-corrected chi connectivity index (χ3v) is 4.11. The van der Waals surface area contributed by atoms with Gasteiger partial charge in [-0.25, -0.2) is 0 Å². The Hall–Kier alpha value is -2.02. The van der Waals surface area contributed by atoms with Gasteiger partial charge in [0.2, 0.25) is 0 Å². The van der Waals surface area contributed by atoms with Crippen LogP contribution in [0.15, 0.2) is 24.3 Å². The molecule has 0 unspecified atom stereocenters. The monoisotopic (exact) mass is 326 g/mol. The summed E-state index contributed by atoms with van der Waals surface area (Å²) in [4.78, 5) is 24.8. The van der Waals surface area contributed by atoms with E-state index in [1.807, 2.05) is 0 Å². The van der Waals surface area contributed by atoms with Crippen molar-refractivity contribution in [1.29, 1.82) is 0 Å².